The molecule has 0 radical (unpaired) electrons. The van der Waals surface area contributed by atoms with Gasteiger partial charge in [-0.2, -0.15) is 15.0 Å². The Bertz CT molecular complexity index is 599. The first-order chi connectivity index (χ1) is 9.93. The van der Waals surface area contributed by atoms with Gasteiger partial charge in [-0.25, -0.2) is 0 Å². The molecule has 0 atom stereocenters. The zero-order valence-corrected chi connectivity index (χ0v) is 13.3. The SMILES string of the molecule is CC1(C)C(CNCc2cnn(-c3ccccc3)n2)C1(C)C. The molecule has 0 spiro atoms. The average molecular weight is 284 g/mol. The molecule has 1 aromatic carbocycles. The standard InChI is InChI=1S/C17H24N4/c1-16(2)15(17(16,3)4)12-18-10-13-11-19-21(20-13)14-8-6-5-7-9-14/h5-9,11,15,18H,10,12H2,1-4H3. The van der Waals surface area contributed by atoms with Crippen LogP contribution in [0, 0.1) is 16.7 Å². The number of hydrogen-bond acceptors (Lipinski definition) is 3. The van der Waals surface area contributed by atoms with Gasteiger partial charge in [0.05, 0.1) is 17.6 Å². The summed E-state index contributed by atoms with van der Waals surface area (Å²) in [5, 5.41) is 12.4. The summed E-state index contributed by atoms with van der Waals surface area (Å²) < 4.78 is 0. The highest BCUT2D eigenvalue weighted by Gasteiger charge is 2.63. The molecule has 1 aromatic heterocycles. The van der Waals surface area contributed by atoms with E-state index < -0.39 is 0 Å². The van der Waals surface area contributed by atoms with Crippen LogP contribution in [0.3, 0.4) is 0 Å². The van der Waals surface area contributed by atoms with Crippen LogP contribution in [-0.2, 0) is 6.54 Å². The Morgan fingerprint density at radius 1 is 1.10 bits per heavy atom. The number of para-hydroxylation sites is 1. The van der Waals surface area contributed by atoms with Crippen LogP contribution in [0.1, 0.15) is 33.4 Å². The minimum absolute atomic E-state index is 0.432. The van der Waals surface area contributed by atoms with Crippen molar-refractivity contribution in [3.05, 3.63) is 42.2 Å². The van der Waals surface area contributed by atoms with E-state index in [4.69, 9.17) is 0 Å². The maximum absolute atomic E-state index is 4.51. The highest BCUT2D eigenvalue weighted by Crippen LogP contribution is 2.67. The van der Waals surface area contributed by atoms with Crippen molar-refractivity contribution in [2.24, 2.45) is 16.7 Å². The van der Waals surface area contributed by atoms with E-state index in [9.17, 15) is 0 Å². The summed E-state index contributed by atoms with van der Waals surface area (Å²) in [6.45, 7) is 11.2. The predicted molar refractivity (Wildman–Crippen MR) is 84.1 cm³/mol. The molecule has 0 unspecified atom stereocenters. The Kier molecular flexibility index (Phi) is 3.36. The quantitative estimate of drug-likeness (QED) is 0.917. The van der Waals surface area contributed by atoms with Gasteiger partial charge in [-0.15, -0.1) is 0 Å². The average Bonchev–Trinajstić information content (AvgIpc) is 2.83. The lowest BCUT2D eigenvalue weighted by molar-refractivity contribution is 0.457. The van der Waals surface area contributed by atoms with Crippen molar-refractivity contribution in [2.45, 2.75) is 34.2 Å². The lowest BCUT2D eigenvalue weighted by Gasteiger charge is -2.04. The molecule has 1 saturated carbocycles. The number of rotatable bonds is 5. The fourth-order valence-electron chi connectivity index (χ4n) is 3.25. The van der Waals surface area contributed by atoms with Crippen molar-refractivity contribution in [1.29, 1.82) is 0 Å². The first kappa shape index (κ1) is 14.3. The number of nitrogens with zero attached hydrogens (tertiary/aromatic N) is 3. The summed E-state index contributed by atoms with van der Waals surface area (Å²) in [5.41, 5.74) is 2.84. The van der Waals surface area contributed by atoms with Gasteiger partial charge < -0.3 is 5.32 Å². The van der Waals surface area contributed by atoms with Gasteiger partial charge in [0.2, 0.25) is 0 Å². The molecule has 0 aliphatic heterocycles. The van der Waals surface area contributed by atoms with Gasteiger partial charge in [0.1, 0.15) is 0 Å². The van der Waals surface area contributed by atoms with Crippen LogP contribution in [0.4, 0.5) is 0 Å². The topological polar surface area (TPSA) is 42.7 Å². The second-order valence-corrected chi connectivity index (χ2v) is 7.09. The largest absolute Gasteiger partial charge is 0.311 e. The molecule has 0 bridgehead atoms. The third-order valence-electron chi connectivity index (χ3n) is 5.50. The summed E-state index contributed by atoms with van der Waals surface area (Å²) in [4.78, 5) is 1.68. The maximum Gasteiger partial charge on any atom is 0.0969 e. The number of aromatic nitrogens is 3. The van der Waals surface area contributed by atoms with Gasteiger partial charge in [-0.1, -0.05) is 45.9 Å². The van der Waals surface area contributed by atoms with E-state index in [1.807, 2.05) is 36.5 Å². The molecule has 1 aliphatic rings. The normalized spacial score (nSPS) is 19.6. The Morgan fingerprint density at radius 3 is 2.38 bits per heavy atom. The molecule has 3 rings (SSSR count). The van der Waals surface area contributed by atoms with E-state index in [-0.39, 0.29) is 0 Å². The van der Waals surface area contributed by atoms with Gasteiger partial charge in [-0.3, -0.25) is 0 Å². The zero-order chi connectivity index (χ0) is 15.1. The van der Waals surface area contributed by atoms with Crippen LogP contribution >= 0.6 is 0 Å². The van der Waals surface area contributed by atoms with Crippen molar-refractivity contribution in [3.63, 3.8) is 0 Å². The highest BCUT2D eigenvalue weighted by molar-refractivity contribution is 5.28. The van der Waals surface area contributed by atoms with Crippen molar-refractivity contribution in [2.75, 3.05) is 6.54 Å². The number of hydrogen-bond donors (Lipinski definition) is 1. The Morgan fingerprint density at radius 2 is 1.76 bits per heavy atom. The van der Waals surface area contributed by atoms with Crippen LogP contribution in [0.25, 0.3) is 5.69 Å². The minimum atomic E-state index is 0.432. The van der Waals surface area contributed by atoms with Crippen LogP contribution < -0.4 is 5.32 Å². The summed E-state index contributed by atoms with van der Waals surface area (Å²) in [6, 6.07) is 10.00. The molecule has 1 heterocycles. The van der Waals surface area contributed by atoms with Crippen molar-refractivity contribution in [3.8, 4) is 5.69 Å². The fourth-order valence-corrected chi connectivity index (χ4v) is 3.25. The molecule has 21 heavy (non-hydrogen) atoms. The molecule has 4 nitrogen and oxygen atoms in total. The molecule has 1 N–H and O–H groups in total. The van der Waals surface area contributed by atoms with Crippen LogP contribution in [0.2, 0.25) is 0 Å². The Balaban J connectivity index is 1.55. The third kappa shape index (κ3) is 2.48. The molecule has 4 heteroatoms. The molecule has 2 aromatic rings. The van der Waals surface area contributed by atoms with Crippen molar-refractivity contribution < 1.29 is 0 Å². The van der Waals surface area contributed by atoms with Gasteiger partial charge in [0.15, 0.2) is 0 Å². The molecule has 0 amide bonds. The van der Waals surface area contributed by atoms with E-state index in [1.165, 1.54) is 0 Å². The lowest BCUT2D eigenvalue weighted by atomic mass is 10.0. The second-order valence-electron chi connectivity index (χ2n) is 7.09. The first-order valence-electron chi connectivity index (χ1n) is 7.60. The molecule has 1 fully saturated rings. The predicted octanol–water partition coefficient (Wildman–Crippen LogP) is 3.04. The monoisotopic (exact) mass is 284 g/mol. The third-order valence-corrected chi connectivity index (χ3v) is 5.50. The van der Waals surface area contributed by atoms with Crippen molar-refractivity contribution >= 4 is 0 Å². The minimum Gasteiger partial charge on any atom is -0.311 e. The summed E-state index contributed by atoms with van der Waals surface area (Å²) in [7, 11) is 0. The van der Waals surface area contributed by atoms with Crippen LogP contribution in [0.5, 0.6) is 0 Å². The second kappa shape index (κ2) is 4.95. The Hall–Kier alpha value is -1.68. The van der Waals surface area contributed by atoms with Gasteiger partial charge in [0, 0.05) is 6.54 Å². The summed E-state index contributed by atoms with van der Waals surface area (Å²) >= 11 is 0. The highest BCUT2D eigenvalue weighted by atomic mass is 15.5. The van der Waals surface area contributed by atoms with Crippen LogP contribution in [0.15, 0.2) is 36.5 Å². The van der Waals surface area contributed by atoms with E-state index in [1.54, 1.807) is 4.80 Å². The maximum atomic E-state index is 4.51. The van der Waals surface area contributed by atoms with E-state index in [2.05, 4.69) is 43.2 Å². The zero-order valence-electron chi connectivity index (χ0n) is 13.3. The number of benzene rings is 1. The molecular formula is C17H24N4. The first-order valence-corrected chi connectivity index (χ1v) is 7.60. The van der Waals surface area contributed by atoms with E-state index >= 15 is 0 Å². The lowest BCUT2D eigenvalue weighted by Crippen LogP contribution is -2.19. The van der Waals surface area contributed by atoms with Crippen molar-refractivity contribution in [1.82, 2.24) is 20.3 Å². The van der Waals surface area contributed by atoms with E-state index in [0.29, 0.717) is 10.8 Å². The molecule has 1 aliphatic carbocycles. The molecular weight excluding hydrogens is 260 g/mol. The smallest absolute Gasteiger partial charge is 0.0969 e. The van der Waals surface area contributed by atoms with Gasteiger partial charge >= 0.3 is 0 Å². The van der Waals surface area contributed by atoms with Gasteiger partial charge in [0.25, 0.3) is 0 Å². The summed E-state index contributed by atoms with van der Waals surface area (Å²) in [5.74, 6) is 0.731. The molecule has 0 saturated heterocycles. The van der Waals surface area contributed by atoms with Crippen LogP contribution in [-0.4, -0.2) is 21.5 Å². The van der Waals surface area contributed by atoms with E-state index in [0.717, 1.165) is 30.4 Å². The number of nitrogens with one attached hydrogen (secondary N) is 1. The molecule has 112 valence electrons. The Labute approximate surface area is 126 Å². The van der Waals surface area contributed by atoms with Gasteiger partial charge in [-0.05, 0) is 35.4 Å². The summed E-state index contributed by atoms with van der Waals surface area (Å²) in [6.07, 6.45) is 1.84. The fraction of sp³-hybridized carbons (Fsp3) is 0.529.